The van der Waals surface area contributed by atoms with Gasteiger partial charge >= 0.3 is 0 Å². The van der Waals surface area contributed by atoms with Crippen LogP contribution in [-0.2, 0) is 16.0 Å². The smallest absolute Gasteiger partial charge is 0.237 e. The van der Waals surface area contributed by atoms with E-state index in [2.05, 4.69) is 20.7 Å². The number of rotatable bonds is 6. The number of carboxylic acid groups (broad SMARTS) is 1. The van der Waals surface area contributed by atoms with E-state index in [4.69, 9.17) is 5.53 Å². The molecule has 26 heavy (non-hydrogen) atoms. The number of amides is 1. The summed E-state index contributed by atoms with van der Waals surface area (Å²) >= 11 is 0. The fourth-order valence-corrected chi connectivity index (χ4v) is 3.15. The summed E-state index contributed by atoms with van der Waals surface area (Å²) in [5, 5.41) is 22.7. The Balaban J connectivity index is 1.67. The van der Waals surface area contributed by atoms with Crippen molar-refractivity contribution in [3.8, 4) is 0 Å². The van der Waals surface area contributed by atoms with Crippen LogP contribution in [-0.4, -0.2) is 36.5 Å². The standard InChI is InChI=1S/C18H19N5O3/c19-23-22-14-9-15(20-10-14)17(24)21-16(18(25)26)8-11-5-6-12-3-1-2-4-13(12)7-11/h1-7,14-16,19-20H,8-10H2,(H-,21,24,25,26)/t14-,15-,16?/m0/s1. The van der Waals surface area contributed by atoms with Crippen molar-refractivity contribution in [1.82, 2.24) is 15.5 Å². The van der Waals surface area contributed by atoms with Crippen LogP contribution in [0.5, 0.6) is 0 Å². The maximum absolute atomic E-state index is 12.3. The summed E-state index contributed by atoms with van der Waals surface area (Å²) in [6.07, 6.45) is 0.519. The molecule has 0 radical (unpaired) electrons. The number of nitrogens with one attached hydrogen (secondary N) is 3. The number of hydrogen-bond acceptors (Lipinski definition) is 6. The molecule has 1 heterocycles. The molecule has 0 saturated carbocycles. The van der Waals surface area contributed by atoms with Crippen LogP contribution in [0.25, 0.3) is 10.8 Å². The molecule has 0 aliphatic carbocycles. The Morgan fingerprint density at radius 3 is 2.81 bits per heavy atom. The number of hydrogen-bond donors (Lipinski definition) is 3. The molecule has 1 unspecified atom stereocenters. The molecule has 1 aliphatic heterocycles. The molecule has 1 saturated heterocycles. The molecule has 8 heteroatoms. The van der Waals surface area contributed by atoms with Gasteiger partial charge in [-0.05, 0) is 22.8 Å². The average molecular weight is 353 g/mol. The Morgan fingerprint density at radius 1 is 1.31 bits per heavy atom. The maximum atomic E-state index is 12.3. The van der Waals surface area contributed by atoms with Gasteiger partial charge in [-0.25, -0.2) is 0 Å². The molecular formula is C18H19N5O3. The number of carbonyl (C=O) groups excluding carboxylic acids is 2. The molecule has 1 fully saturated rings. The van der Waals surface area contributed by atoms with Gasteiger partial charge in [0.1, 0.15) is 16.7 Å². The Morgan fingerprint density at radius 2 is 2.08 bits per heavy atom. The molecular weight excluding hydrogens is 334 g/mol. The van der Waals surface area contributed by atoms with Crippen molar-refractivity contribution in [2.75, 3.05) is 6.54 Å². The molecule has 8 nitrogen and oxygen atoms in total. The minimum atomic E-state index is -1.33. The Kier molecular flexibility index (Phi) is 5.36. The van der Waals surface area contributed by atoms with Crippen LogP contribution in [0.4, 0.5) is 0 Å². The van der Waals surface area contributed by atoms with E-state index in [1.165, 1.54) is 0 Å². The van der Waals surface area contributed by atoms with Crippen LogP contribution in [0.2, 0.25) is 0 Å². The summed E-state index contributed by atoms with van der Waals surface area (Å²) < 4.78 is 0. The zero-order valence-electron chi connectivity index (χ0n) is 14.0. The highest BCUT2D eigenvalue weighted by molar-refractivity contribution is 5.87. The van der Waals surface area contributed by atoms with Crippen molar-refractivity contribution in [3.63, 3.8) is 0 Å². The van der Waals surface area contributed by atoms with Gasteiger partial charge in [-0.3, -0.25) is 4.79 Å². The lowest BCUT2D eigenvalue weighted by Gasteiger charge is -2.22. The van der Waals surface area contributed by atoms with E-state index < -0.39 is 24.0 Å². The highest BCUT2D eigenvalue weighted by Gasteiger charge is 2.33. The number of benzene rings is 2. The lowest BCUT2D eigenvalue weighted by molar-refractivity contribution is -0.308. The summed E-state index contributed by atoms with van der Waals surface area (Å²) in [5.74, 6) is -1.74. The van der Waals surface area contributed by atoms with Crippen LogP contribution in [0.1, 0.15) is 12.0 Å². The van der Waals surface area contributed by atoms with Gasteiger partial charge in [0.25, 0.3) is 0 Å². The normalized spacial score (nSPS) is 20.3. The van der Waals surface area contributed by atoms with Gasteiger partial charge < -0.3 is 20.5 Å². The number of nitrogens with zero attached hydrogens (tertiary/aromatic N) is 2. The number of fused-ring (bicyclic) bond motifs is 1. The number of carbonyl (C=O) groups is 2. The highest BCUT2D eigenvalue weighted by Crippen LogP contribution is 2.17. The van der Waals surface area contributed by atoms with E-state index >= 15 is 0 Å². The van der Waals surface area contributed by atoms with Crippen LogP contribution < -0.4 is 20.7 Å². The summed E-state index contributed by atoms with van der Waals surface area (Å²) in [7, 11) is 0. The second-order valence-electron chi connectivity index (χ2n) is 6.33. The second-order valence-corrected chi connectivity index (χ2v) is 6.33. The third kappa shape index (κ3) is 4.11. The molecule has 0 aromatic heterocycles. The van der Waals surface area contributed by atoms with Gasteiger partial charge in [0.2, 0.25) is 10.8 Å². The third-order valence-electron chi connectivity index (χ3n) is 4.50. The summed E-state index contributed by atoms with van der Waals surface area (Å²) in [6.45, 7) is 0.432. The molecule has 0 bridgehead atoms. The van der Waals surface area contributed by atoms with Crippen LogP contribution in [0, 0.1) is 5.53 Å². The molecule has 134 valence electrons. The molecule has 1 aliphatic rings. The second kappa shape index (κ2) is 7.86. The molecule has 2 aromatic carbocycles. The van der Waals surface area contributed by atoms with Gasteiger partial charge in [0, 0.05) is 13.0 Å². The number of aliphatic carboxylic acids is 1. The molecule has 0 spiro atoms. The van der Waals surface area contributed by atoms with Crippen molar-refractivity contribution >= 4 is 22.6 Å². The monoisotopic (exact) mass is 353 g/mol. The minimum absolute atomic E-state index is 0.140. The van der Waals surface area contributed by atoms with E-state index in [9.17, 15) is 14.7 Å². The first kappa shape index (κ1) is 17.7. The summed E-state index contributed by atoms with van der Waals surface area (Å²) in [6, 6.07) is 11.6. The Hall–Kier alpha value is -3.09. The van der Waals surface area contributed by atoms with Crippen molar-refractivity contribution in [3.05, 3.63) is 48.0 Å². The zero-order chi connectivity index (χ0) is 18.5. The summed E-state index contributed by atoms with van der Waals surface area (Å²) in [4.78, 5) is 26.8. The average Bonchev–Trinajstić information content (AvgIpc) is 3.10. The first-order chi connectivity index (χ1) is 12.6. The van der Waals surface area contributed by atoms with Gasteiger partial charge in [0.05, 0.1) is 18.1 Å². The molecule has 3 N–H and O–H groups in total. The lowest BCUT2D eigenvalue weighted by atomic mass is 10.0. The summed E-state index contributed by atoms with van der Waals surface area (Å²) in [5.41, 5.74) is 7.54. The van der Waals surface area contributed by atoms with Crippen LogP contribution in [0.15, 0.2) is 47.6 Å². The Bertz CT molecular complexity index is 878. The van der Waals surface area contributed by atoms with E-state index in [-0.39, 0.29) is 12.5 Å². The minimum Gasteiger partial charge on any atom is -0.548 e. The van der Waals surface area contributed by atoms with Crippen LogP contribution in [0.3, 0.4) is 0 Å². The Labute approximate surface area is 149 Å². The topological polar surface area (TPSA) is 132 Å². The number of carboxylic acids is 1. The van der Waals surface area contributed by atoms with Crippen molar-refractivity contribution in [2.45, 2.75) is 31.0 Å². The highest BCUT2D eigenvalue weighted by atomic mass is 16.4. The first-order valence-electron chi connectivity index (χ1n) is 8.35. The van der Waals surface area contributed by atoms with E-state index in [0.29, 0.717) is 13.0 Å². The molecule has 3 atom stereocenters. The van der Waals surface area contributed by atoms with Gasteiger partial charge in [-0.2, -0.15) is 0 Å². The SMILES string of the molecule is N=[N+]=N[C@@H]1CN[C@H](C(=O)NC(Cc2ccc3ccccc3c2)C(=O)[O-])C1. The molecule has 1 amide bonds. The van der Waals surface area contributed by atoms with E-state index in [0.717, 1.165) is 16.3 Å². The van der Waals surface area contributed by atoms with Crippen LogP contribution >= 0.6 is 0 Å². The molecule has 3 rings (SSSR count). The first-order valence-corrected chi connectivity index (χ1v) is 8.35. The van der Waals surface area contributed by atoms with Crippen molar-refractivity contribution in [2.24, 2.45) is 5.11 Å². The van der Waals surface area contributed by atoms with Gasteiger partial charge in [-0.15, -0.1) is 0 Å². The fourth-order valence-electron chi connectivity index (χ4n) is 3.15. The van der Waals surface area contributed by atoms with Crippen molar-refractivity contribution < 1.29 is 14.7 Å². The van der Waals surface area contributed by atoms with E-state index in [1.54, 1.807) is 0 Å². The van der Waals surface area contributed by atoms with Gasteiger partial charge in [0.15, 0.2) is 0 Å². The molecule has 2 aromatic rings. The zero-order valence-corrected chi connectivity index (χ0v) is 14.0. The predicted octanol–water partition coefficient (Wildman–Crippen LogP) is -0.102. The van der Waals surface area contributed by atoms with E-state index in [1.807, 2.05) is 42.5 Å². The quantitative estimate of drug-likeness (QED) is 0.494. The van der Waals surface area contributed by atoms with Crippen molar-refractivity contribution in [1.29, 1.82) is 5.53 Å². The largest absolute Gasteiger partial charge is 0.548 e. The lowest BCUT2D eigenvalue weighted by Crippen LogP contribution is -2.53. The third-order valence-corrected chi connectivity index (χ3v) is 4.50. The predicted molar refractivity (Wildman–Crippen MR) is 92.1 cm³/mol. The maximum Gasteiger partial charge on any atom is 0.237 e. The van der Waals surface area contributed by atoms with Gasteiger partial charge in [-0.1, -0.05) is 42.5 Å². The fraction of sp³-hybridized carbons (Fsp3) is 0.333.